The summed E-state index contributed by atoms with van der Waals surface area (Å²) >= 11 is 5.91. The molecule has 2 rings (SSSR count). The minimum Gasteiger partial charge on any atom is -0.497 e. The van der Waals surface area contributed by atoms with Gasteiger partial charge in [-0.25, -0.2) is 0 Å². The monoisotopic (exact) mass is 263 g/mol. The number of ether oxygens (including phenoxy) is 2. The first-order chi connectivity index (χ1) is 8.69. The number of nitrogen functional groups attached to an aromatic ring is 1. The Morgan fingerprint density at radius 1 is 1.06 bits per heavy atom. The van der Waals surface area contributed by atoms with Crippen molar-refractivity contribution in [2.45, 2.75) is 6.61 Å². The molecule has 0 heterocycles. The Hall–Kier alpha value is -1.87. The lowest BCUT2D eigenvalue weighted by molar-refractivity contribution is 0.306. The molecule has 0 aliphatic carbocycles. The van der Waals surface area contributed by atoms with Crippen molar-refractivity contribution in [1.29, 1.82) is 0 Å². The maximum absolute atomic E-state index is 5.91. The average molecular weight is 264 g/mol. The van der Waals surface area contributed by atoms with Gasteiger partial charge >= 0.3 is 0 Å². The lowest BCUT2D eigenvalue weighted by atomic mass is 10.2. The zero-order valence-electron chi connectivity index (χ0n) is 10.0. The summed E-state index contributed by atoms with van der Waals surface area (Å²) in [5, 5.41) is 0.650. The van der Waals surface area contributed by atoms with E-state index in [4.69, 9.17) is 26.8 Å². The molecule has 2 aromatic carbocycles. The average Bonchev–Trinajstić information content (AvgIpc) is 2.40. The number of anilines is 1. The van der Waals surface area contributed by atoms with Gasteiger partial charge in [0.2, 0.25) is 0 Å². The van der Waals surface area contributed by atoms with E-state index in [0.29, 0.717) is 17.3 Å². The van der Waals surface area contributed by atoms with Crippen molar-refractivity contribution in [3.05, 3.63) is 53.1 Å². The van der Waals surface area contributed by atoms with Crippen molar-refractivity contribution in [3.8, 4) is 11.5 Å². The lowest BCUT2D eigenvalue weighted by Gasteiger charge is -2.09. The van der Waals surface area contributed by atoms with Crippen LogP contribution in [0.25, 0.3) is 0 Å². The van der Waals surface area contributed by atoms with Crippen LogP contribution in [0.5, 0.6) is 11.5 Å². The Labute approximate surface area is 111 Å². The lowest BCUT2D eigenvalue weighted by Crippen LogP contribution is -2.00. The van der Waals surface area contributed by atoms with Crippen LogP contribution in [0.3, 0.4) is 0 Å². The first kappa shape index (κ1) is 12.6. The summed E-state index contributed by atoms with van der Waals surface area (Å²) in [5.74, 6) is 1.56. The molecular weight excluding hydrogens is 250 g/mol. The van der Waals surface area contributed by atoms with Gasteiger partial charge in [-0.15, -0.1) is 0 Å². The number of benzene rings is 2. The summed E-state index contributed by atoms with van der Waals surface area (Å²) in [4.78, 5) is 0. The molecule has 2 N–H and O–H groups in total. The number of hydrogen-bond donors (Lipinski definition) is 1. The molecule has 0 aliphatic rings. The second-order valence-corrected chi connectivity index (χ2v) is 4.24. The van der Waals surface area contributed by atoms with E-state index in [0.717, 1.165) is 17.1 Å². The van der Waals surface area contributed by atoms with Gasteiger partial charge in [0.05, 0.1) is 7.11 Å². The zero-order chi connectivity index (χ0) is 13.0. The van der Waals surface area contributed by atoms with Gasteiger partial charge in [-0.05, 0) is 42.5 Å². The van der Waals surface area contributed by atoms with E-state index in [1.165, 1.54) is 0 Å². The molecule has 0 bridgehead atoms. The second-order valence-electron chi connectivity index (χ2n) is 3.81. The Morgan fingerprint density at radius 2 is 1.72 bits per heavy atom. The Morgan fingerprint density at radius 3 is 2.39 bits per heavy atom. The molecule has 0 fully saturated rings. The van der Waals surface area contributed by atoms with E-state index in [2.05, 4.69) is 0 Å². The van der Waals surface area contributed by atoms with Crippen molar-refractivity contribution in [2.24, 2.45) is 0 Å². The second kappa shape index (κ2) is 5.65. The van der Waals surface area contributed by atoms with Crippen molar-refractivity contribution < 1.29 is 9.47 Å². The third kappa shape index (κ3) is 3.08. The van der Waals surface area contributed by atoms with Crippen LogP contribution in [-0.2, 0) is 6.61 Å². The highest BCUT2D eigenvalue weighted by Crippen LogP contribution is 2.21. The van der Waals surface area contributed by atoms with Gasteiger partial charge < -0.3 is 15.2 Å². The van der Waals surface area contributed by atoms with Gasteiger partial charge in [-0.3, -0.25) is 0 Å². The van der Waals surface area contributed by atoms with E-state index in [9.17, 15) is 0 Å². The van der Waals surface area contributed by atoms with E-state index < -0.39 is 0 Å². The number of rotatable bonds is 4. The Balaban J connectivity index is 2.04. The van der Waals surface area contributed by atoms with Crippen molar-refractivity contribution in [2.75, 3.05) is 12.8 Å². The van der Waals surface area contributed by atoms with Crippen LogP contribution in [0.4, 0.5) is 5.69 Å². The standard InChI is InChI=1S/C14H14ClNO2/c1-17-12-3-5-13(6-4-12)18-9-10-8-11(15)2-7-14(10)16/h2-8H,9,16H2,1H3. The molecule has 2 aromatic rings. The molecular formula is C14H14ClNO2. The highest BCUT2D eigenvalue weighted by molar-refractivity contribution is 6.30. The molecule has 0 amide bonds. The van der Waals surface area contributed by atoms with E-state index in [-0.39, 0.29) is 0 Å². The Bertz CT molecular complexity index is 526. The predicted octanol–water partition coefficient (Wildman–Crippen LogP) is 3.51. The fourth-order valence-corrected chi connectivity index (χ4v) is 1.73. The first-order valence-corrected chi connectivity index (χ1v) is 5.87. The Kier molecular flexibility index (Phi) is 3.95. The van der Waals surface area contributed by atoms with E-state index in [1.807, 2.05) is 24.3 Å². The van der Waals surface area contributed by atoms with Gasteiger partial charge in [-0.2, -0.15) is 0 Å². The summed E-state index contributed by atoms with van der Waals surface area (Å²) < 4.78 is 10.7. The van der Waals surface area contributed by atoms with Crippen LogP contribution in [0.1, 0.15) is 5.56 Å². The van der Waals surface area contributed by atoms with Gasteiger partial charge in [0, 0.05) is 16.3 Å². The summed E-state index contributed by atoms with van der Waals surface area (Å²) in [5.41, 5.74) is 7.39. The minimum atomic E-state index is 0.388. The van der Waals surface area contributed by atoms with Crippen LogP contribution in [-0.4, -0.2) is 7.11 Å². The third-order valence-corrected chi connectivity index (χ3v) is 2.79. The van der Waals surface area contributed by atoms with Crippen molar-refractivity contribution >= 4 is 17.3 Å². The summed E-state index contributed by atoms with van der Waals surface area (Å²) in [6.45, 7) is 0.388. The minimum absolute atomic E-state index is 0.388. The topological polar surface area (TPSA) is 44.5 Å². The van der Waals surface area contributed by atoms with Gasteiger partial charge in [0.1, 0.15) is 18.1 Å². The molecule has 0 unspecified atom stereocenters. The number of hydrogen-bond acceptors (Lipinski definition) is 3. The third-order valence-electron chi connectivity index (χ3n) is 2.56. The smallest absolute Gasteiger partial charge is 0.120 e. The maximum atomic E-state index is 5.91. The van der Waals surface area contributed by atoms with Crippen LogP contribution < -0.4 is 15.2 Å². The summed E-state index contributed by atoms with van der Waals surface area (Å²) in [6, 6.07) is 12.7. The van der Waals surface area contributed by atoms with Crippen molar-refractivity contribution in [3.63, 3.8) is 0 Å². The molecule has 0 aromatic heterocycles. The van der Waals surface area contributed by atoms with Crippen LogP contribution in [0.2, 0.25) is 5.02 Å². The van der Waals surface area contributed by atoms with Crippen molar-refractivity contribution in [1.82, 2.24) is 0 Å². The first-order valence-electron chi connectivity index (χ1n) is 5.50. The fourth-order valence-electron chi connectivity index (χ4n) is 1.53. The molecule has 18 heavy (non-hydrogen) atoms. The largest absolute Gasteiger partial charge is 0.497 e. The van der Waals surface area contributed by atoms with E-state index in [1.54, 1.807) is 25.3 Å². The molecule has 0 saturated heterocycles. The molecule has 0 radical (unpaired) electrons. The summed E-state index contributed by atoms with van der Waals surface area (Å²) in [6.07, 6.45) is 0. The number of methoxy groups -OCH3 is 1. The maximum Gasteiger partial charge on any atom is 0.120 e. The molecule has 0 saturated carbocycles. The fraction of sp³-hybridized carbons (Fsp3) is 0.143. The molecule has 0 aliphatic heterocycles. The highest BCUT2D eigenvalue weighted by Gasteiger charge is 2.02. The van der Waals surface area contributed by atoms with E-state index >= 15 is 0 Å². The predicted molar refractivity (Wildman–Crippen MR) is 73.2 cm³/mol. The molecule has 94 valence electrons. The quantitative estimate of drug-likeness (QED) is 0.859. The molecule has 4 heteroatoms. The van der Waals surface area contributed by atoms with Crippen LogP contribution in [0, 0.1) is 0 Å². The van der Waals surface area contributed by atoms with Gasteiger partial charge in [0.15, 0.2) is 0 Å². The normalized spacial score (nSPS) is 10.1. The summed E-state index contributed by atoms with van der Waals surface area (Å²) in [7, 11) is 1.63. The van der Waals surface area contributed by atoms with Gasteiger partial charge in [0.25, 0.3) is 0 Å². The SMILES string of the molecule is COc1ccc(OCc2cc(Cl)ccc2N)cc1. The number of halogens is 1. The molecule has 3 nitrogen and oxygen atoms in total. The van der Waals surface area contributed by atoms with Gasteiger partial charge in [-0.1, -0.05) is 11.6 Å². The van der Waals surface area contributed by atoms with Crippen LogP contribution in [0.15, 0.2) is 42.5 Å². The van der Waals surface area contributed by atoms with Crippen LogP contribution >= 0.6 is 11.6 Å². The zero-order valence-corrected chi connectivity index (χ0v) is 10.8. The number of nitrogens with two attached hydrogens (primary N) is 1. The molecule has 0 atom stereocenters. The molecule has 0 spiro atoms. The highest BCUT2D eigenvalue weighted by atomic mass is 35.5.